The van der Waals surface area contributed by atoms with Crippen LogP contribution in [0.4, 0.5) is 0 Å². The third-order valence-electron chi connectivity index (χ3n) is 2.70. The number of benzene rings is 1. The van der Waals surface area contributed by atoms with Crippen LogP contribution >= 0.6 is 11.6 Å². The summed E-state index contributed by atoms with van der Waals surface area (Å²) in [6, 6.07) is 4.54. The van der Waals surface area contributed by atoms with Gasteiger partial charge in [-0.3, -0.25) is 0 Å². The molecule has 0 atom stereocenters. The van der Waals surface area contributed by atoms with Crippen molar-refractivity contribution in [3.8, 4) is 0 Å². The van der Waals surface area contributed by atoms with Crippen LogP contribution < -0.4 is 5.73 Å². The molecule has 7 heteroatoms. The third-order valence-corrected chi connectivity index (χ3v) is 4.92. The smallest absolute Gasteiger partial charge is 0.242 e. The normalized spacial score (nSPS) is 12.1. The van der Waals surface area contributed by atoms with E-state index in [1.807, 2.05) is 6.92 Å². The molecule has 108 valence electrons. The molecule has 0 aliphatic rings. The molecule has 0 bridgehead atoms. The van der Waals surface area contributed by atoms with Crippen LogP contribution in [0.2, 0.25) is 5.02 Å². The van der Waals surface area contributed by atoms with Gasteiger partial charge in [0.25, 0.3) is 0 Å². The molecule has 2 N–H and O–H groups in total. The van der Waals surface area contributed by atoms with Crippen LogP contribution in [-0.4, -0.2) is 39.5 Å². The summed E-state index contributed by atoms with van der Waals surface area (Å²) in [7, 11) is -2.01. The zero-order valence-corrected chi connectivity index (χ0v) is 12.7. The summed E-state index contributed by atoms with van der Waals surface area (Å²) in [6.45, 7) is 3.29. The quantitative estimate of drug-likeness (QED) is 0.774. The van der Waals surface area contributed by atoms with Crippen LogP contribution in [-0.2, 0) is 21.3 Å². The highest BCUT2D eigenvalue weighted by Crippen LogP contribution is 2.22. The van der Waals surface area contributed by atoms with Crippen molar-refractivity contribution in [3.05, 3.63) is 28.8 Å². The standard InChI is InChI=1S/C12H19ClN2O3S/c1-3-18-7-6-15(2)19(16,17)11-4-5-12(13)10(8-11)9-14/h4-5,8H,3,6-7,9,14H2,1-2H3. The maximum atomic E-state index is 12.3. The number of halogens is 1. The first-order chi connectivity index (χ1) is 8.93. The Bertz CT molecular complexity index is 520. The van der Waals surface area contributed by atoms with E-state index in [1.165, 1.54) is 23.5 Å². The maximum absolute atomic E-state index is 12.3. The van der Waals surface area contributed by atoms with Crippen molar-refractivity contribution in [1.82, 2.24) is 4.31 Å². The molecule has 0 unspecified atom stereocenters. The van der Waals surface area contributed by atoms with E-state index >= 15 is 0 Å². The fourth-order valence-corrected chi connectivity index (χ4v) is 2.91. The first-order valence-corrected chi connectivity index (χ1v) is 7.77. The predicted octanol–water partition coefficient (Wildman–Crippen LogP) is 1.46. The van der Waals surface area contributed by atoms with E-state index in [0.29, 0.717) is 30.3 Å². The Morgan fingerprint density at radius 2 is 2.11 bits per heavy atom. The fourth-order valence-electron chi connectivity index (χ4n) is 1.51. The van der Waals surface area contributed by atoms with Crippen molar-refractivity contribution < 1.29 is 13.2 Å². The predicted molar refractivity (Wildman–Crippen MR) is 75.7 cm³/mol. The minimum absolute atomic E-state index is 0.191. The summed E-state index contributed by atoms with van der Waals surface area (Å²) >= 11 is 5.92. The van der Waals surface area contributed by atoms with Crippen LogP contribution in [0.15, 0.2) is 23.1 Å². The molecule has 19 heavy (non-hydrogen) atoms. The number of hydrogen-bond donors (Lipinski definition) is 1. The van der Waals surface area contributed by atoms with Gasteiger partial charge in [0, 0.05) is 31.8 Å². The van der Waals surface area contributed by atoms with Gasteiger partial charge >= 0.3 is 0 Å². The van der Waals surface area contributed by atoms with Crippen molar-refractivity contribution in [2.24, 2.45) is 5.73 Å². The van der Waals surface area contributed by atoms with Crippen molar-refractivity contribution in [3.63, 3.8) is 0 Å². The van der Waals surface area contributed by atoms with Gasteiger partial charge in [-0.05, 0) is 30.7 Å². The summed E-state index contributed by atoms with van der Waals surface area (Å²) < 4.78 is 31.0. The SMILES string of the molecule is CCOCCN(C)S(=O)(=O)c1ccc(Cl)c(CN)c1. The number of sulfonamides is 1. The molecule has 1 aromatic rings. The summed E-state index contributed by atoms with van der Waals surface area (Å²) in [6.07, 6.45) is 0. The molecule has 0 spiro atoms. The van der Waals surface area contributed by atoms with Gasteiger partial charge in [0.1, 0.15) is 0 Å². The summed E-state index contributed by atoms with van der Waals surface area (Å²) in [5, 5.41) is 0.471. The first-order valence-electron chi connectivity index (χ1n) is 5.96. The minimum Gasteiger partial charge on any atom is -0.380 e. The third kappa shape index (κ3) is 4.15. The number of hydrogen-bond acceptors (Lipinski definition) is 4. The Kier molecular flexibility index (Phi) is 6.22. The summed E-state index contributed by atoms with van der Waals surface area (Å²) in [5.74, 6) is 0. The number of ether oxygens (including phenoxy) is 1. The second-order valence-corrected chi connectivity index (χ2v) is 6.43. The van der Waals surface area contributed by atoms with Crippen molar-refractivity contribution in [1.29, 1.82) is 0 Å². The summed E-state index contributed by atoms with van der Waals surface area (Å²) in [5.41, 5.74) is 6.14. The molecule has 5 nitrogen and oxygen atoms in total. The van der Waals surface area contributed by atoms with Gasteiger partial charge in [-0.15, -0.1) is 0 Å². The Hall–Kier alpha value is -0.660. The van der Waals surface area contributed by atoms with Crippen LogP contribution in [0.5, 0.6) is 0 Å². The molecule has 0 heterocycles. The molecular formula is C12H19ClN2O3S. The molecule has 0 aliphatic carbocycles. The highest BCUT2D eigenvalue weighted by atomic mass is 35.5. The van der Waals surface area contributed by atoms with Gasteiger partial charge in [0.05, 0.1) is 11.5 Å². The molecule has 0 radical (unpaired) electrons. The Morgan fingerprint density at radius 1 is 1.42 bits per heavy atom. The van der Waals surface area contributed by atoms with Gasteiger partial charge in [-0.25, -0.2) is 8.42 Å². The number of nitrogens with two attached hydrogens (primary N) is 1. The van der Waals surface area contributed by atoms with Gasteiger partial charge in [-0.2, -0.15) is 4.31 Å². The fraction of sp³-hybridized carbons (Fsp3) is 0.500. The highest BCUT2D eigenvalue weighted by molar-refractivity contribution is 7.89. The van der Waals surface area contributed by atoms with E-state index in [-0.39, 0.29) is 11.4 Å². The second kappa shape index (κ2) is 7.21. The maximum Gasteiger partial charge on any atom is 0.242 e. The zero-order chi connectivity index (χ0) is 14.5. The van der Waals surface area contributed by atoms with E-state index in [1.54, 1.807) is 6.07 Å². The lowest BCUT2D eigenvalue weighted by Gasteiger charge is -2.17. The Balaban J connectivity index is 2.93. The molecule has 0 saturated heterocycles. The lowest BCUT2D eigenvalue weighted by Crippen LogP contribution is -2.30. The molecule has 0 aromatic heterocycles. The number of nitrogens with zero attached hydrogens (tertiary/aromatic N) is 1. The van der Waals surface area contributed by atoms with Crippen LogP contribution in [0.3, 0.4) is 0 Å². The van der Waals surface area contributed by atoms with E-state index in [9.17, 15) is 8.42 Å². The zero-order valence-electron chi connectivity index (χ0n) is 11.1. The minimum atomic E-state index is -3.53. The lowest BCUT2D eigenvalue weighted by molar-refractivity contribution is 0.138. The van der Waals surface area contributed by atoms with Gasteiger partial charge in [0.15, 0.2) is 0 Å². The van der Waals surface area contributed by atoms with Gasteiger partial charge in [0.2, 0.25) is 10.0 Å². The lowest BCUT2D eigenvalue weighted by atomic mass is 10.2. The van der Waals surface area contributed by atoms with Crippen LogP contribution in [0, 0.1) is 0 Å². The van der Waals surface area contributed by atoms with Crippen molar-refractivity contribution in [2.45, 2.75) is 18.4 Å². The molecule has 1 aromatic carbocycles. The second-order valence-electron chi connectivity index (χ2n) is 3.98. The number of likely N-dealkylation sites (N-methyl/N-ethyl adjacent to an activating group) is 1. The van der Waals surface area contributed by atoms with Crippen LogP contribution in [0.25, 0.3) is 0 Å². The molecular weight excluding hydrogens is 288 g/mol. The van der Waals surface area contributed by atoms with Crippen LogP contribution in [0.1, 0.15) is 12.5 Å². The molecule has 0 amide bonds. The van der Waals surface area contributed by atoms with Gasteiger partial charge in [-0.1, -0.05) is 11.6 Å². The monoisotopic (exact) mass is 306 g/mol. The Morgan fingerprint density at radius 3 is 2.68 bits per heavy atom. The first kappa shape index (κ1) is 16.4. The van der Waals surface area contributed by atoms with E-state index in [2.05, 4.69) is 0 Å². The molecule has 0 aliphatic heterocycles. The van der Waals surface area contributed by atoms with Gasteiger partial charge < -0.3 is 10.5 Å². The summed E-state index contributed by atoms with van der Waals surface area (Å²) in [4.78, 5) is 0.191. The molecule has 0 saturated carbocycles. The topological polar surface area (TPSA) is 72.6 Å². The Labute approximate surface area is 119 Å². The molecule has 1 rings (SSSR count). The van der Waals surface area contributed by atoms with Crippen molar-refractivity contribution in [2.75, 3.05) is 26.8 Å². The van der Waals surface area contributed by atoms with E-state index in [4.69, 9.17) is 22.1 Å². The van der Waals surface area contributed by atoms with Crippen molar-refractivity contribution >= 4 is 21.6 Å². The molecule has 0 fully saturated rings. The average Bonchev–Trinajstić information content (AvgIpc) is 2.39. The number of rotatable bonds is 7. The highest BCUT2D eigenvalue weighted by Gasteiger charge is 2.21. The van der Waals surface area contributed by atoms with E-state index < -0.39 is 10.0 Å². The largest absolute Gasteiger partial charge is 0.380 e. The average molecular weight is 307 g/mol. The van der Waals surface area contributed by atoms with E-state index in [0.717, 1.165) is 0 Å².